The van der Waals surface area contributed by atoms with Gasteiger partial charge in [-0.25, -0.2) is 4.79 Å². The highest BCUT2D eigenvalue weighted by Gasteiger charge is 2.22. The Morgan fingerprint density at radius 2 is 2.00 bits per heavy atom. The summed E-state index contributed by atoms with van der Waals surface area (Å²) in [5, 5.41) is 5.15. The molecule has 2 aromatic carbocycles. The van der Waals surface area contributed by atoms with E-state index >= 15 is 0 Å². The summed E-state index contributed by atoms with van der Waals surface area (Å²) in [5.74, 6) is 0. The number of hydrogen-bond donors (Lipinski definition) is 1. The molecule has 1 aliphatic heterocycles. The molecule has 0 atom stereocenters. The van der Waals surface area contributed by atoms with Gasteiger partial charge in [-0.2, -0.15) is 0 Å². The molecular weight excluding hydrogens is 357 g/mol. The molecule has 0 aliphatic carbocycles. The summed E-state index contributed by atoms with van der Waals surface area (Å²) in [5.41, 5.74) is 4.18. The van der Waals surface area contributed by atoms with Crippen LogP contribution in [0.5, 0.6) is 0 Å². The highest BCUT2D eigenvalue weighted by molar-refractivity contribution is 6.35. The number of urea groups is 1. The molecule has 6 heteroatoms. The zero-order chi connectivity index (χ0) is 17.6. The third-order valence-electron chi connectivity index (χ3n) is 4.65. The number of anilines is 1. The Morgan fingerprint density at radius 1 is 1.16 bits per heavy atom. The largest absolute Gasteiger partial charge is 0.350 e. The second-order valence-electron chi connectivity index (χ2n) is 6.30. The van der Waals surface area contributed by atoms with Crippen LogP contribution in [0.1, 0.15) is 11.1 Å². The van der Waals surface area contributed by atoms with Gasteiger partial charge in [0.1, 0.15) is 0 Å². The van der Waals surface area contributed by atoms with Crippen molar-refractivity contribution in [3.8, 4) is 0 Å². The molecule has 0 bridgehead atoms. The minimum Gasteiger partial charge on any atom is -0.350 e. The molecule has 4 nitrogen and oxygen atoms in total. The van der Waals surface area contributed by atoms with Crippen LogP contribution in [0.25, 0.3) is 10.9 Å². The van der Waals surface area contributed by atoms with E-state index in [1.807, 2.05) is 11.0 Å². The summed E-state index contributed by atoms with van der Waals surface area (Å²) in [4.78, 5) is 14.6. The van der Waals surface area contributed by atoms with E-state index in [0.29, 0.717) is 28.8 Å². The van der Waals surface area contributed by atoms with Gasteiger partial charge >= 0.3 is 6.03 Å². The van der Waals surface area contributed by atoms with Crippen LogP contribution < -0.4 is 5.32 Å². The molecule has 2 amide bonds. The Labute approximate surface area is 155 Å². The first kappa shape index (κ1) is 16.3. The van der Waals surface area contributed by atoms with Crippen molar-refractivity contribution in [3.05, 3.63) is 63.8 Å². The topological polar surface area (TPSA) is 37.3 Å². The normalized spacial score (nSPS) is 13.8. The first-order chi connectivity index (χ1) is 12.0. The van der Waals surface area contributed by atoms with E-state index in [4.69, 9.17) is 23.2 Å². The van der Waals surface area contributed by atoms with Crippen LogP contribution in [0.2, 0.25) is 10.0 Å². The lowest BCUT2D eigenvalue weighted by Gasteiger charge is -2.22. The molecular formula is C19H17Cl2N3O. The van der Waals surface area contributed by atoms with Gasteiger partial charge in [-0.05, 0) is 41.8 Å². The van der Waals surface area contributed by atoms with Gasteiger partial charge in [-0.15, -0.1) is 0 Å². The van der Waals surface area contributed by atoms with E-state index < -0.39 is 0 Å². The lowest BCUT2D eigenvalue weighted by molar-refractivity contribution is 0.210. The Hall–Kier alpha value is -2.17. The standard InChI is InChI=1S/C19H17Cl2N3O/c1-23-10-13-7-8-24(11-12-3-2-4-17(23)18(12)13)19(25)22-16-9-14(20)5-6-15(16)21/h2-6,9-10H,7-8,11H2,1H3,(H,22,25). The van der Waals surface area contributed by atoms with Crippen LogP contribution in [-0.4, -0.2) is 22.0 Å². The quantitative estimate of drug-likeness (QED) is 0.634. The number of aromatic nitrogens is 1. The Kier molecular flexibility index (Phi) is 4.10. The average Bonchev–Trinajstić information content (AvgIpc) is 2.80. The fourth-order valence-corrected chi connectivity index (χ4v) is 3.78. The van der Waals surface area contributed by atoms with E-state index in [1.54, 1.807) is 18.2 Å². The van der Waals surface area contributed by atoms with Gasteiger partial charge in [0, 0.05) is 42.3 Å². The van der Waals surface area contributed by atoms with E-state index in [0.717, 1.165) is 12.0 Å². The van der Waals surface area contributed by atoms with Gasteiger partial charge in [0.25, 0.3) is 0 Å². The SMILES string of the molecule is Cn1cc2c3c(cccc31)CN(C(=O)Nc1cc(Cl)ccc1Cl)CC2. The zero-order valence-corrected chi connectivity index (χ0v) is 15.2. The number of amides is 2. The van der Waals surface area contributed by atoms with Crippen LogP contribution in [0.3, 0.4) is 0 Å². The third kappa shape index (κ3) is 2.96. The summed E-state index contributed by atoms with van der Waals surface area (Å²) in [6.07, 6.45) is 2.98. The smallest absolute Gasteiger partial charge is 0.322 e. The number of halogens is 2. The average molecular weight is 374 g/mol. The van der Waals surface area contributed by atoms with Crippen LogP contribution >= 0.6 is 23.2 Å². The van der Waals surface area contributed by atoms with Crippen molar-refractivity contribution in [2.75, 3.05) is 11.9 Å². The highest BCUT2D eigenvalue weighted by atomic mass is 35.5. The minimum atomic E-state index is -0.171. The van der Waals surface area contributed by atoms with Gasteiger partial charge in [-0.3, -0.25) is 0 Å². The molecule has 2 heterocycles. The maximum absolute atomic E-state index is 12.8. The molecule has 0 saturated carbocycles. The fourth-order valence-electron chi connectivity index (χ4n) is 3.44. The Balaban J connectivity index is 1.62. The van der Waals surface area contributed by atoms with Crippen molar-refractivity contribution in [1.82, 2.24) is 9.47 Å². The Bertz CT molecular complexity index is 980. The van der Waals surface area contributed by atoms with Gasteiger partial charge in [0.15, 0.2) is 0 Å². The molecule has 25 heavy (non-hydrogen) atoms. The van der Waals surface area contributed by atoms with Crippen LogP contribution in [0.4, 0.5) is 10.5 Å². The molecule has 4 rings (SSSR count). The second kappa shape index (κ2) is 6.28. The van der Waals surface area contributed by atoms with Crippen molar-refractivity contribution in [1.29, 1.82) is 0 Å². The maximum atomic E-state index is 12.8. The van der Waals surface area contributed by atoms with E-state index in [-0.39, 0.29) is 6.03 Å². The van der Waals surface area contributed by atoms with Crippen molar-refractivity contribution < 1.29 is 4.79 Å². The minimum absolute atomic E-state index is 0.171. The van der Waals surface area contributed by atoms with E-state index in [2.05, 4.69) is 35.3 Å². The molecule has 128 valence electrons. The number of hydrogen-bond acceptors (Lipinski definition) is 1. The van der Waals surface area contributed by atoms with Crippen LogP contribution in [0, 0.1) is 0 Å². The third-order valence-corrected chi connectivity index (χ3v) is 5.21. The van der Waals surface area contributed by atoms with Gasteiger partial charge < -0.3 is 14.8 Å². The van der Waals surface area contributed by atoms with Gasteiger partial charge in [0.05, 0.1) is 10.7 Å². The second-order valence-corrected chi connectivity index (χ2v) is 7.15. The molecule has 0 radical (unpaired) electrons. The van der Waals surface area contributed by atoms with Crippen molar-refractivity contribution in [2.24, 2.45) is 7.05 Å². The predicted molar refractivity (Wildman–Crippen MR) is 103 cm³/mol. The summed E-state index contributed by atoms with van der Waals surface area (Å²) >= 11 is 12.2. The van der Waals surface area contributed by atoms with E-state index in [1.165, 1.54) is 16.5 Å². The lowest BCUT2D eigenvalue weighted by atomic mass is 10.1. The number of carbonyl (C=O) groups excluding carboxylic acids is 1. The number of carbonyl (C=O) groups is 1. The summed E-state index contributed by atoms with van der Waals surface area (Å²) in [6, 6.07) is 11.1. The number of nitrogens with zero attached hydrogens (tertiary/aromatic N) is 2. The highest BCUT2D eigenvalue weighted by Crippen LogP contribution is 2.30. The fraction of sp³-hybridized carbons (Fsp3) is 0.211. The zero-order valence-electron chi connectivity index (χ0n) is 13.7. The Morgan fingerprint density at radius 3 is 2.84 bits per heavy atom. The molecule has 3 aromatic rings. The van der Waals surface area contributed by atoms with Crippen LogP contribution in [-0.2, 0) is 20.0 Å². The van der Waals surface area contributed by atoms with Gasteiger partial charge in [0.2, 0.25) is 0 Å². The number of benzene rings is 2. The number of nitrogens with one attached hydrogen (secondary N) is 1. The van der Waals surface area contributed by atoms with Gasteiger partial charge in [-0.1, -0.05) is 35.3 Å². The molecule has 1 aliphatic rings. The van der Waals surface area contributed by atoms with Crippen molar-refractivity contribution in [2.45, 2.75) is 13.0 Å². The first-order valence-electron chi connectivity index (χ1n) is 8.10. The molecule has 0 saturated heterocycles. The molecule has 0 unspecified atom stereocenters. The monoisotopic (exact) mass is 373 g/mol. The number of rotatable bonds is 1. The molecule has 1 N–H and O–H groups in total. The van der Waals surface area contributed by atoms with E-state index in [9.17, 15) is 4.79 Å². The molecule has 0 spiro atoms. The van der Waals surface area contributed by atoms with Crippen molar-refractivity contribution in [3.63, 3.8) is 0 Å². The summed E-state index contributed by atoms with van der Waals surface area (Å²) < 4.78 is 2.15. The first-order valence-corrected chi connectivity index (χ1v) is 8.85. The van der Waals surface area contributed by atoms with Crippen LogP contribution in [0.15, 0.2) is 42.6 Å². The molecule has 1 aromatic heterocycles. The summed E-state index contributed by atoms with van der Waals surface area (Å²) in [6.45, 7) is 1.22. The number of aryl methyl sites for hydroxylation is 1. The maximum Gasteiger partial charge on any atom is 0.322 e. The van der Waals surface area contributed by atoms with Crippen molar-refractivity contribution >= 4 is 45.8 Å². The lowest BCUT2D eigenvalue weighted by Crippen LogP contribution is -2.35. The predicted octanol–water partition coefficient (Wildman–Crippen LogP) is 5.08. The summed E-state index contributed by atoms with van der Waals surface area (Å²) in [7, 11) is 2.06. The molecule has 0 fully saturated rings.